The normalized spacial score (nSPS) is 15.8. The van der Waals surface area contributed by atoms with Gasteiger partial charge in [-0.25, -0.2) is 0 Å². The molecule has 2 aliphatic rings. The predicted molar refractivity (Wildman–Crippen MR) is 127 cm³/mol. The van der Waals surface area contributed by atoms with Crippen LogP contribution in [0.15, 0.2) is 84.9 Å². The summed E-state index contributed by atoms with van der Waals surface area (Å²) in [5, 5.41) is 5.57. The van der Waals surface area contributed by atoms with Crippen LogP contribution in [-0.4, -0.2) is 0 Å². The van der Waals surface area contributed by atoms with Gasteiger partial charge < -0.3 is 0 Å². The van der Waals surface area contributed by atoms with E-state index in [-0.39, 0.29) is 0 Å². The fourth-order valence-corrected chi connectivity index (χ4v) is 6.12. The summed E-state index contributed by atoms with van der Waals surface area (Å²) in [4.78, 5) is 0. The fourth-order valence-electron chi connectivity index (χ4n) is 6.12. The molecule has 1 atom stereocenters. The van der Waals surface area contributed by atoms with Crippen LogP contribution in [0.1, 0.15) is 41.5 Å². The van der Waals surface area contributed by atoms with Gasteiger partial charge in [0.1, 0.15) is 0 Å². The molecule has 0 radical (unpaired) electrons. The molecule has 2 aliphatic carbocycles. The smallest absolute Gasteiger partial charge is 0.0105 e. The summed E-state index contributed by atoms with van der Waals surface area (Å²) in [6.45, 7) is 2.33. The average molecular weight is 383 g/mol. The summed E-state index contributed by atoms with van der Waals surface area (Å²) in [5.41, 5.74) is 11.9. The highest BCUT2D eigenvalue weighted by Crippen LogP contribution is 2.57. The van der Waals surface area contributed by atoms with Crippen LogP contribution >= 0.6 is 0 Å². The Balaban J connectivity index is 1.68. The van der Waals surface area contributed by atoms with Gasteiger partial charge >= 0.3 is 0 Å². The minimum absolute atomic E-state index is 0.482. The van der Waals surface area contributed by atoms with Crippen LogP contribution < -0.4 is 0 Å². The third-order valence-corrected chi connectivity index (χ3v) is 7.33. The molecule has 7 rings (SSSR count). The van der Waals surface area contributed by atoms with Crippen molar-refractivity contribution in [1.82, 2.24) is 0 Å². The molecule has 0 saturated carbocycles. The lowest BCUT2D eigenvalue weighted by Gasteiger charge is -2.18. The summed E-state index contributed by atoms with van der Waals surface area (Å²) in [6.07, 6.45) is 2.17. The quantitative estimate of drug-likeness (QED) is 0.269. The molecule has 0 N–H and O–H groups in total. The monoisotopic (exact) mass is 382 g/mol. The largest absolute Gasteiger partial charge is 0.0645 e. The summed E-state index contributed by atoms with van der Waals surface area (Å²) >= 11 is 0. The summed E-state index contributed by atoms with van der Waals surface area (Å²) < 4.78 is 0. The third-order valence-electron chi connectivity index (χ3n) is 7.33. The lowest BCUT2D eigenvalue weighted by atomic mass is 9.85. The van der Waals surface area contributed by atoms with E-state index in [0.717, 1.165) is 12.8 Å². The summed E-state index contributed by atoms with van der Waals surface area (Å²) in [6, 6.07) is 31.9. The number of hydrogen-bond donors (Lipinski definition) is 0. The number of rotatable bonds is 1. The second kappa shape index (κ2) is 5.83. The number of benzene rings is 5. The molecule has 0 amide bonds. The Hall–Kier alpha value is -3.38. The van der Waals surface area contributed by atoms with Gasteiger partial charge in [0.05, 0.1) is 0 Å². The highest BCUT2D eigenvalue weighted by Gasteiger charge is 2.35. The first kappa shape index (κ1) is 16.4. The number of hydrogen-bond acceptors (Lipinski definition) is 0. The van der Waals surface area contributed by atoms with Crippen LogP contribution in [0.4, 0.5) is 0 Å². The van der Waals surface area contributed by atoms with Crippen LogP contribution in [0.2, 0.25) is 0 Å². The zero-order chi connectivity index (χ0) is 19.8. The Bertz CT molecular complexity index is 1500. The van der Waals surface area contributed by atoms with Gasteiger partial charge in [0.25, 0.3) is 0 Å². The molecule has 5 aromatic rings. The van der Waals surface area contributed by atoms with Crippen molar-refractivity contribution in [3.63, 3.8) is 0 Å². The van der Waals surface area contributed by atoms with Crippen LogP contribution in [0.5, 0.6) is 0 Å². The fraction of sp³-hybridized carbons (Fsp3) is 0.133. The van der Waals surface area contributed by atoms with Crippen molar-refractivity contribution >= 4 is 21.5 Å². The average Bonchev–Trinajstić information content (AvgIpc) is 3.33. The van der Waals surface area contributed by atoms with Crippen molar-refractivity contribution < 1.29 is 0 Å². The summed E-state index contributed by atoms with van der Waals surface area (Å²) in [5.74, 6) is 0.482. The molecule has 30 heavy (non-hydrogen) atoms. The van der Waals surface area contributed by atoms with Crippen molar-refractivity contribution in [3.05, 3.63) is 107 Å². The molecule has 0 saturated heterocycles. The van der Waals surface area contributed by atoms with Gasteiger partial charge in [0.2, 0.25) is 0 Å². The van der Waals surface area contributed by atoms with E-state index in [4.69, 9.17) is 0 Å². The first-order valence-corrected chi connectivity index (χ1v) is 11.0. The van der Waals surface area contributed by atoms with E-state index in [0.29, 0.717) is 5.92 Å². The van der Waals surface area contributed by atoms with E-state index in [1.54, 1.807) is 5.56 Å². The maximum absolute atomic E-state index is 2.44. The minimum Gasteiger partial charge on any atom is -0.0645 e. The van der Waals surface area contributed by atoms with Crippen LogP contribution in [0.25, 0.3) is 43.8 Å². The molecule has 1 unspecified atom stereocenters. The van der Waals surface area contributed by atoms with Crippen molar-refractivity contribution in [2.24, 2.45) is 0 Å². The zero-order valence-electron chi connectivity index (χ0n) is 17.1. The van der Waals surface area contributed by atoms with E-state index in [1.165, 1.54) is 60.5 Å². The summed E-state index contributed by atoms with van der Waals surface area (Å²) in [7, 11) is 0. The molecular weight excluding hydrogens is 360 g/mol. The first-order valence-electron chi connectivity index (χ1n) is 11.0. The SMILES string of the molecule is CCC1c2ccccc2-c2c3c(c4ccccc4c21)Cc1cc2ccccc2cc1-3. The Labute approximate surface area is 176 Å². The minimum atomic E-state index is 0.482. The Morgan fingerprint density at radius 3 is 2.23 bits per heavy atom. The van der Waals surface area contributed by atoms with Gasteiger partial charge in [-0.3, -0.25) is 0 Å². The van der Waals surface area contributed by atoms with E-state index >= 15 is 0 Å². The van der Waals surface area contributed by atoms with Crippen molar-refractivity contribution in [2.75, 3.05) is 0 Å². The molecule has 0 fully saturated rings. The van der Waals surface area contributed by atoms with Gasteiger partial charge in [-0.15, -0.1) is 0 Å². The Morgan fingerprint density at radius 2 is 1.40 bits per heavy atom. The van der Waals surface area contributed by atoms with Gasteiger partial charge in [0.15, 0.2) is 0 Å². The maximum Gasteiger partial charge on any atom is 0.0105 e. The number of fused-ring (bicyclic) bond motifs is 11. The molecule has 0 spiro atoms. The van der Waals surface area contributed by atoms with Crippen LogP contribution in [0, 0.1) is 0 Å². The van der Waals surface area contributed by atoms with E-state index in [1.807, 2.05) is 0 Å². The molecule has 5 aromatic carbocycles. The molecule has 0 aliphatic heterocycles. The van der Waals surface area contributed by atoms with E-state index in [2.05, 4.69) is 91.9 Å². The molecule has 0 heteroatoms. The van der Waals surface area contributed by atoms with Crippen molar-refractivity contribution in [3.8, 4) is 22.3 Å². The lowest BCUT2D eigenvalue weighted by molar-refractivity contribution is 0.803. The van der Waals surface area contributed by atoms with Gasteiger partial charge in [-0.2, -0.15) is 0 Å². The van der Waals surface area contributed by atoms with Crippen LogP contribution in [-0.2, 0) is 6.42 Å². The lowest BCUT2D eigenvalue weighted by Crippen LogP contribution is -1.97. The van der Waals surface area contributed by atoms with E-state index < -0.39 is 0 Å². The Kier molecular flexibility index (Phi) is 3.19. The van der Waals surface area contributed by atoms with Gasteiger partial charge in [-0.1, -0.05) is 85.8 Å². The first-order chi connectivity index (χ1) is 14.8. The highest BCUT2D eigenvalue weighted by molar-refractivity contribution is 6.09. The second-order valence-corrected chi connectivity index (χ2v) is 8.77. The standard InChI is InChI=1S/C30H22/c1-2-21-22-11-5-8-14-25(22)30-28(21)24-13-7-6-12-23(24)27-17-20-15-18-9-3-4-10-19(18)16-26(20)29(27)30/h3-16,21H,2,17H2,1H3. The second-order valence-electron chi connectivity index (χ2n) is 8.77. The maximum atomic E-state index is 2.44. The van der Waals surface area contributed by atoms with Crippen molar-refractivity contribution in [2.45, 2.75) is 25.7 Å². The zero-order valence-corrected chi connectivity index (χ0v) is 17.1. The Morgan fingerprint density at radius 1 is 0.700 bits per heavy atom. The molecule has 0 aromatic heterocycles. The molecule has 142 valence electrons. The van der Waals surface area contributed by atoms with Crippen molar-refractivity contribution in [1.29, 1.82) is 0 Å². The third kappa shape index (κ3) is 1.96. The molecule has 0 heterocycles. The van der Waals surface area contributed by atoms with Crippen LogP contribution in [0.3, 0.4) is 0 Å². The molecule has 0 nitrogen and oxygen atoms in total. The predicted octanol–water partition coefficient (Wildman–Crippen LogP) is 8.09. The topological polar surface area (TPSA) is 0 Å². The van der Waals surface area contributed by atoms with Gasteiger partial charge in [-0.05, 0) is 85.0 Å². The molecule has 0 bridgehead atoms. The van der Waals surface area contributed by atoms with Gasteiger partial charge in [0, 0.05) is 5.92 Å². The van der Waals surface area contributed by atoms with E-state index in [9.17, 15) is 0 Å². The molecular formula is C30H22. The highest BCUT2D eigenvalue weighted by atomic mass is 14.4.